The average Bonchev–Trinajstić information content (AvgIpc) is 2.47. The van der Waals surface area contributed by atoms with Crippen molar-refractivity contribution in [3.63, 3.8) is 0 Å². The Kier molecular flexibility index (Phi) is 5.32. The standard InChI is InChI=1S/C16H22N2O2/c1-2-17-9-11-18(12-10-17)13-15-5-3-14(4-6-15)7-8-16(19)20/h3-8H,2,9-13H2,1H3,(H,19,20). The van der Waals surface area contributed by atoms with Gasteiger partial charge in [0, 0.05) is 38.8 Å². The van der Waals surface area contributed by atoms with Gasteiger partial charge in [-0.3, -0.25) is 4.90 Å². The Labute approximate surface area is 120 Å². The molecule has 20 heavy (non-hydrogen) atoms. The predicted octanol–water partition coefficient (Wildman–Crippen LogP) is 1.92. The lowest BCUT2D eigenvalue weighted by Crippen LogP contribution is -2.45. The maximum atomic E-state index is 10.5. The lowest BCUT2D eigenvalue weighted by molar-refractivity contribution is -0.131. The van der Waals surface area contributed by atoms with Crippen LogP contribution < -0.4 is 0 Å². The van der Waals surface area contributed by atoms with Gasteiger partial charge >= 0.3 is 5.97 Å². The highest BCUT2D eigenvalue weighted by Crippen LogP contribution is 2.11. The topological polar surface area (TPSA) is 43.8 Å². The molecule has 0 atom stereocenters. The number of aliphatic carboxylic acids is 1. The number of nitrogens with zero attached hydrogens (tertiary/aromatic N) is 2. The van der Waals surface area contributed by atoms with Crippen LogP contribution in [0.2, 0.25) is 0 Å². The first kappa shape index (κ1) is 14.8. The van der Waals surface area contributed by atoms with Gasteiger partial charge in [-0.15, -0.1) is 0 Å². The average molecular weight is 274 g/mol. The molecule has 1 saturated heterocycles. The second-order valence-corrected chi connectivity index (χ2v) is 5.12. The molecule has 4 heteroatoms. The molecule has 1 aliphatic rings. The van der Waals surface area contributed by atoms with Gasteiger partial charge in [0.1, 0.15) is 0 Å². The van der Waals surface area contributed by atoms with Crippen molar-refractivity contribution in [3.05, 3.63) is 41.5 Å². The first-order valence-corrected chi connectivity index (χ1v) is 7.12. The van der Waals surface area contributed by atoms with Crippen molar-refractivity contribution in [2.24, 2.45) is 0 Å². The normalized spacial score (nSPS) is 17.6. The number of carboxylic acids is 1. The van der Waals surface area contributed by atoms with E-state index in [2.05, 4.69) is 28.9 Å². The van der Waals surface area contributed by atoms with Crippen LogP contribution >= 0.6 is 0 Å². The summed E-state index contributed by atoms with van der Waals surface area (Å²) in [6, 6.07) is 8.09. The van der Waals surface area contributed by atoms with Crippen molar-refractivity contribution in [2.45, 2.75) is 13.5 Å². The minimum Gasteiger partial charge on any atom is -0.478 e. The number of piperazine rings is 1. The summed E-state index contributed by atoms with van der Waals surface area (Å²) in [6.07, 6.45) is 2.78. The van der Waals surface area contributed by atoms with Crippen molar-refractivity contribution < 1.29 is 9.90 Å². The zero-order valence-corrected chi connectivity index (χ0v) is 12.0. The Hall–Kier alpha value is -1.65. The van der Waals surface area contributed by atoms with Gasteiger partial charge in [0.2, 0.25) is 0 Å². The molecule has 1 N–H and O–H groups in total. The maximum Gasteiger partial charge on any atom is 0.328 e. The van der Waals surface area contributed by atoms with Gasteiger partial charge < -0.3 is 10.0 Å². The van der Waals surface area contributed by atoms with Crippen LogP contribution in [0.4, 0.5) is 0 Å². The fraction of sp³-hybridized carbons (Fsp3) is 0.438. The molecule has 1 aliphatic heterocycles. The molecule has 1 aromatic rings. The number of hydrogen-bond acceptors (Lipinski definition) is 3. The highest BCUT2D eigenvalue weighted by atomic mass is 16.4. The molecular formula is C16H22N2O2. The largest absolute Gasteiger partial charge is 0.478 e. The summed E-state index contributed by atoms with van der Waals surface area (Å²) in [4.78, 5) is 15.4. The van der Waals surface area contributed by atoms with E-state index in [1.165, 1.54) is 11.6 Å². The summed E-state index contributed by atoms with van der Waals surface area (Å²) >= 11 is 0. The number of carbonyl (C=O) groups is 1. The summed E-state index contributed by atoms with van der Waals surface area (Å²) in [5, 5.41) is 8.59. The molecule has 0 amide bonds. The highest BCUT2D eigenvalue weighted by molar-refractivity contribution is 5.85. The van der Waals surface area contributed by atoms with E-state index in [4.69, 9.17) is 5.11 Å². The van der Waals surface area contributed by atoms with Gasteiger partial charge in [0.05, 0.1) is 0 Å². The minimum absolute atomic E-state index is 0.914. The Balaban J connectivity index is 1.86. The second kappa shape index (κ2) is 7.22. The van der Waals surface area contributed by atoms with Gasteiger partial charge in [0.25, 0.3) is 0 Å². The van der Waals surface area contributed by atoms with Gasteiger partial charge in [-0.25, -0.2) is 4.79 Å². The van der Waals surface area contributed by atoms with Gasteiger partial charge in [0.15, 0.2) is 0 Å². The van der Waals surface area contributed by atoms with E-state index in [0.717, 1.165) is 44.8 Å². The summed E-state index contributed by atoms with van der Waals surface area (Å²) in [5.41, 5.74) is 2.20. The zero-order valence-electron chi connectivity index (χ0n) is 12.0. The van der Waals surface area contributed by atoms with Crippen LogP contribution in [-0.4, -0.2) is 53.6 Å². The van der Waals surface area contributed by atoms with E-state index in [0.29, 0.717) is 0 Å². The molecule has 0 bridgehead atoms. The molecule has 1 heterocycles. The molecule has 0 spiro atoms. The molecule has 0 unspecified atom stereocenters. The first-order valence-electron chi connectivity index (χ1n) is 7.12. The summed E-state index contributed by atoms with van der Waals surface area (Å²) in [5.74, 6) is -0.914. The fourth-order valence-corrected chi connectivity index (χ4v) is 2.42. The summed E-state index contributed by atoms with van der Waals surface area (Å²) < 4.78 is 0. The Morgan fingerprint density at radius 3 is 2.30 bits per heavy atom. The van der Waals surface area contributed by atoms with E-state index in [1.54, 1.807) is 6.08 Å². The predicted molar refractivity (Wildman–Crippen MR) is 80.5 cm³/mol. The van der Waals surface area contributed by atoms with E-state index in [-0.39, 0.29) is 0 Å². The van der Waals surface area contributed by atoms with E-state index >= 15 is 0 Å². The third-order valence-electron chi connectivity index (χ3n) is 3.72. The smallest absolute Gasteiger partial charge is 0.328 e. The summed E-state index contributed by atoms with van der Waals surface area (Å²) in [6.45, 7) is 8.85. The van der Waals surface area contributed by atoms with Crippen molar-refractivity contribution in [1.82, 2.24) is 9.80 Å². The van der Waals surface area contributed by atoms with Gasteiger partial charge in [-0.1, -0.05) is 31.2 Å². The fourth-order valence-electron chi connectivity index (χ4n) is 2.42. The molecule has 1 fully saturated rings. The molecule has 0 saturated carbocycles. The second-order valence-electron chi connectivity index (χ2n) is 5.12. The van der Waals surface area contributed by atoms with Crippen LogP contribution in [0.15, 0.2) is 30.3 Å². The zero-order chi connectivity index (χ0) is 14.4. The van der Waals surface area contributed by atoms with E-state index in [9.17, 15) is 4.79 Å². The third-order valence-corrected chi connectivity index (χ3v) is 3.72. The van der Waals surface area contributed by atoms with E-state index in [1.807, 2.05) is 12.1 Å². The molecule has 1 aromatic carbocycles. The number of carboxylic acid groups (broad SMARTS) is 1. The highest BCUT2D eigenvalue weighted by Gasteiger charge is 2.15. The first-order chi connectivity index (χ1) is 9.67. The van der Waals surface area contributed by atoms with Crippen molar-refractivity contribution in [3.8, 4) is 0 Å². The van der Waals surface area contributed by atoms with E-state index < -0.39 is 5.97 Å². The SMILES string of the molecule is CCN1CCN(Cc2ccc(C=CC(=O)O)cc2)CC1. The quantitative estimate of drug-likeness (QED) is 0.833. The minimum atomic E-state index is -0.914. The van der Waals surface area contributed by atoms with Crippen molar-refractivity contribution in [2.75, 3.05) is 32.7 Å². The van der Waals surface area contributed by atoms with Crippen LogP contribution in [0.5, 0.6) is 0 Å². The van der Waals surface area contributed by atoms with Gasteiger partial charge in [-0.2, -0.15) is 0 Å². The van der Waals surface area contributed by atoms with Crippen LogP contribution in [-0.2, 0) is 11.3 Å². The molecule has 2 rings (SSSR count). The molecule has 108 valence electrons. The molecular weight excluding hydrogens is 252 g/mol. The van der Waals surface area contributed by atoms with Crippen LogP contribution in [0.3, 0.4) is 0 Å². The molecule has 0 aromatic heterocycles. The Bertz CT molecular complexity index is 460. The van der Waals surface area contributed by atoms with Gasteiger partial charge in [-0.05, 0) is 23.7 Å². The molecule has 4 nitrogen and oxygen atoms in total. The molecule has 0 radical (unpaired) electrons. The molecule has 0 aliphatic carbocycles. The number of likely N-dealkylation sites (N-methyl/N-ethyl adjacent to an activating group) is 1. The number of benzene rings is 1. The van der Waals surface area contributed by atoms with Crippen LogP contribution in [0.1, 0.15) is 18.1 Å². The van der Waals surface area contributed by atoms with Crippen molar-refractivity contribution >= 4 is 12.0 Å². The lowest BCUT2D eigenvalue weighted by atomic mass is 10.1. The van der Waals surface area contributed by atoms with Crippen LogP contribution in [0, 0.1) is 0 Å². The number of hydrogen-bond donors (Lipinski definition) is 1. The lowest BCUT2D eigenvalue weighted by Gasteiger charge is -2.34. The Morgan fingerprint density at radius 1 is 1.15 bits per heavy atom. The monoisotopic (exact) mass is 274 g/mol. The summed E-state index contributed by atoms with van der Waals surface area (Å²) in [7, 11) is 0. The van der Waals surface area contributed by atoms with Crippen molar-refractivity contribution in [1.29, 1.82) is 0 Å². The number of rotatable bonds is 5. The maximum absolute atomic E-state index is 10.5. The third kappa shape index (κ3) is 4.47. The van der Waals surface area contributed by atoms with Crippen LogP contribution in [0.25, 0.3) is 6.08 Å². The Morgan fingerprint density at radius 2 is 1.75 bits per heavy atom.